The number of benzene rings is 3. The van der Waals surface area contributed by atoms with Gasteiger partial charge in [0.05, 0.1) is 26.9 Å². The van der Waals surface area contributed by atoms with Crippen LogP contribution in [0.25, 0.3) is 0 Å². The molecule has 1 heterocycles. The van der Waals surface area contributed by atoms with E-state index in [-0.39, 0.29) is 29.6 Å². The number of rotatable bonds is 13. The van der Waals surface area contributed by atoms with Crippen LogP contribution in [0.3, 0.4) is 0 Å². The van der Waals surface area contributed by atoms with Crippen LogP contribution in [-0.2, 0) is 20.9 Å². The molecule has 218 valence electrons. The Bertz CT molecular complexity index is 1360. The second-order valence-corrected chi connectivity index (χ2v) is 10.3. The highest BCUT2D eigenvalue weighted by Crippen LogP contribution is 2.44. The van der Waals surface area contributed by atoms with E-state index in [0.717, 1.165) is 11.1 Å². The zero-order valence-corrected chi connectivity index (χ0v) is 23.9. The molecule has 1 aliphatic heterocycles. The van der Waals surface area contributed by atoms with Crippen LogP contribution in [0.1, 0.15) is 55.8 Å². The molecule has 0 saturated carbocycles. The molecule has 1 amide bonds. The van der Waals surface area contributed by atoms with Gasteiger partial charge >= 0.3 is 5.97 Å². The summed E-state index contributed by atoms with van der Waals surface area (Å²) in [6.07, 6.45) is 1.66. The number of ether oxygens (including phenoxy) is 4. The van der Waals surface area contributed by atoms with Gasteiger partial charge in [0, 0.05) is 41.8 Å². The Morgan fingerprint density at radius 3 is 2.44 bits per heavy atom. The van der Waals surface area contributed by atoms with Gasteiger partial charge in [-0.1, -0.05) is 38.1 Å². The molecule has 0 fully saturated rings. The maximum Gasteiger partial charge on any atom is 0.323 e. The van der Waals surface area contributed by atoms with Crippen LogP contribution in [0.5, 0.6) is 28.7 Å². The lowest BCUT2D eigenvalue weighted by molar-refractivity contribution is -0.144. The molecular weight excluding hydrogens is 524 g/mol. The van der Waals surface area contributed by atoms with E-state index < -0.39 is 6.04 Å². The molecule has 9 nitrogen and oxygen atoms in total. The van der Waals surface area contributed by atoms with Crippen molar-refractivity contribution < 1.29 is 33.6 Å². The van der Waals surface area contributed by atoms with Gasteiger partial charge in [-0.05, 0) is 43.0 Å². The lowest BCUT2D eigenvalue weighted by Crippen LogP contribution is -2.41. The van der Waals surface area contributed by atoms with Gasteiger partial charge in [0.2, 0.25) is 5.91 Å². The summed E-state index contributed by atoms with van der Waals surface area (Å²) < 4.78 is 22.0. The summed E-state index contributed by atoms with van der Waals surface area (Å²) in [4.78, 5) is 24.8. The number of nitrogens with one attached hydrogen (secondary N) is 2. The van der Waals surface area contributed by atoms with E-state index >= 15 is 0 Å². The molecule has 0 aromatic heterocycles. The fraction of sp³-hybridized carbons (Fsp3) is 0.375. The van der Waals surface area contributed by atoms with Gasteiger partial charge in [-0.25, -0.2) is 0 Å². The summed E-state index contributed by atoms with van der Waals surface area (Å²) in [7, 11) is 2.96. The number of fused-ring (bicyclic) bond motifs is 2. The van der Waals surface area contributed by atoms with Crippen molar-refractivity contribution >= 4 is 11.9 Å². The van der Waals surface area contributed by atoms with E-state index in [0.29, 0.717) is 61.0 Å². The second kappa shape index (κ2) is 13.9. The first-order valence-electron chi connectivity index (χ1n) is 13.8. The monoisotopic (exact) mass is 562 g/mol. The predicted molar refractivity (Wildman–Crippen MR) is 154 cm³/mol. The molecule has 0 radical (unpaired) electrons. The van der Waals surface area contributed by atoms with Crippen LogP contribution in [0.2, 0.25) is 0 Å². The van der Waals surface area contributed by atoms with Gasteiger partial charge in [-0.3, -0.25) is 14.9 Å². The lowest BCUT2D eigenvalue weighted by atomic mass is 9.94. The van der Waals surface area contributed by atoms with E-state index in [2.05, 4.69) is 10.6 Å². The molecule has 0 saturated heterocycles. The van der Waals surface area contributed by atoms with E-state index in [1.807, 2.05) is 56.3 Å². The topological polar surface area (TPSA) is 115 Å². The molecule has 3 N–H and O–H groups in total. The van der Waals surface area contributed by atoms with Crippen LogP contribution < -0.4 is 24.8 Å². The minimum Gasteiger partial charge on any atom is -0.507 e. The predicted octanol–water partition coefficient (Wildman–Crippen LogP) is 5.25. The van der Waals surface area contributed by atoms with Gasteiger partial charge < -0.3 is 29.4 Å². The summed E-state index contributed by atoms with van der Waals surface area (Å²) >= 11 is 0. The number of unbranched alkanes of at least 4 members (excludes halogenated alkanes) is 1. The maximum atomic E-state index is 12.9. The first-order chi connectivity index (χ1) is 19.8. The molecule has 3 aromatic rings. The van der Waals surface area contributed by atoms with Crippen molar-refractivity contribution in [2.75, 3.05) is 20.8 Å². The number of esters is 1. The number of methoxy groups -OCH3 is 2. The highest BCUT2D eigenvalue weighted by molar-refractivity contribution is 5.78. The number of para-hydroxylation sites is 1. The van der Waals surface area contributed by atoms with Crippen LogP contribution in [0.4, 0.5) is 0 Å². The number of amides is 1. The number of phenols is 1. The van der Waals surface area contributed by atoms with E-state index in [1.54, 1.807) is 25.3 Å². The van der Waals surface area contributed by atoms with Crippen LogP contribution in [0, 0.1) is 5.92 Å². The smallest absolute Gasteiger partial charge is 0.323 e. The molecule has 0 aliphatic carbocycles. The summed E-state index contributed by atoms with van der Waals surface area (Å²) in [5.74, 6) is 2.32. The van der Waals surface area contributed by atoms with Gasteiger partial charge in [0.1, 0.15) is 34.8 Å². The van der Waals surface area contributed by atoms with Crippen molar-refractivity contribution in [2.24, 2.45) is 5.92 Å². The molecule has 9 heteroatoms. The third kappa shape index (κ3) is 7.49. The van der Waals surface area contributed by atoms with Crippen LogP contribution >= 0.6 is 0 Å². The Morgan fingerprint density at radius 2 is 1.71 bits per heavy atom. The average molecular weight is 563 g/mol. The molecule has 1 aliphatic rings. The fourth-order valence-electron chi connectivity index (χ4n) is 4.75. The molecule has 0 bridgehead atoms. The average Bonchev–Trinajstić information content (AvgIpc) is 2.97. The van der Waals surface area contributed by atoms with Crippen LogP contribution in [-0.4, -0.2) is 43.9 Å². The number of hydrogen-bond acceptors (Lipinski definition) is 8. The Labute approximate surface area is 240 Å². The molecule has 3 aromatic carbocycles. The van der Waals surface area contributed by atoms with Crippen molar-refractivity contribution in [2.45, 2.75) is 51.7 Å². The van der Waals surface area contributed by atoms with Gasteiger partial charge in [-0.2, -0.15) is 0 Å². The minimum absolute atomic E-state index is 0.0432. The highest BCUT2D eigenvalue weighted by atomic mass is 16.5. The summed E-state index contributed by atoms with van der Waals surface area (Å²) in [5.41, 5.74) is 2.44. The lowest BCUT2D eigenvalue weighted by Gasteiger charge is -2.29. The molecule has 4 rings (SSSR count). The number of hydrogen-bond donors (Lipinski definition) is 3. The largest absolute Gasteiger partial charge is 0.507 e. The third-order valence-electron chi connectivity index (χ3n) is 7.04. The molecule has 1 unspecified atom stereocenters. The van der Waals surface area contributed by atoms with E-state index in [1.165, 1.54) is 7.11 Å². The van der Waals surface area contributed by atoms with Gasteiger partial charge in [0.15, 0.2) is 0 Å². The van der Waals surface area contributed by atoms with Crippen molar-refractivity contribution in [3.05, 3.63) is 77.4 Å². The summed E-state index contributed by atoms with van der Waals surface area (Å²) in [6.45, 7) is 4.57. The number of carbonyl (C=O) groups is 2. The third-order valence-corrected chi connectivity index (χ3v) is 7.04. The Hall–Kier alpha value is -4.24. The zero-order chi connectivity index (χ0) is 29.4. The summed E-state index contributed by atoms with van der Waals surface area (Å²) in [6, 6.07) is 17.6. The molecular formula is C32H38N2O7. The van der Waals surface area contributed by atoms with Crippen molar-refractivity contribution in [1.29, 1.82) is 0 Å². The Balaban J connectivity index is 1.25. The zero-order valence-electron chi connectivity index (χ0n) is 23.9. The highest BCUT2D eigenvalue weighted by Gasteiger charge is 2.28. The first-order valence-corrected chi connectivity index (χ1v) is 13.8. The number of phenolic OH excluding ortho intramolecular Hbond substituents is 1. The molecule has 2 atom stereocenters. The molecule has 41 heavy (non-hydrogen) atoms. The number of carbonyl (C=O) groups excluding carboxylic acids is 2. The van der Waals surface area contributed by atoms with Crippen molar-refractivity contribution in [3.63, 3.8) is 0 Å². The molecule has 0 spiro atoms. The Kier molecular flexibility index (Phi) is 10.1. The van der Waals surface area contributed by atoms with E-state index in [9.17, 15) is 14.7 Å². The SMILES string of the molecule is COC(=O)[C@@H](NCc1ccc(OCCCCC(=O)NC2c3ccccc3Oc3cc(OC)ccc32)cc1O)C(C)C. The van der Waals surface area contributed by atoms with E-state index in [4.69, 9.17) is 18.9 Å². The minimum atomic E-state index is -0.466. The second-order valence-electron chi connectivity index (χ2n) is 10.3. The Morgan fingerprint density at radius 1 is 0.951 bits per heavy atom. The number of aromatic hydroxyl groups is 1. The quantitative estimate of drug-likeness (QED) is 0.191. The fourth-order valence-corrected chi connectivity index (χ4v) is 4.75. The standard InChI is InChI=1S/C32H38N2O7/c1-20(2)30(32(37)39-4)33-19-21-12-13-23(17-26(21)35)40-16-8-7-11-29(36)34-31-24-9-5-6-10-27(24)41-28-18-22(38-3)14-15-25(28)31/h5-6,9-10,12-15,17-18,20,30-31,33,35H,7-8,11,16,19H2,1-4H3,(H,34,36)/t30-,31?/m0/s1. The normalized spacial score (nSPS) is 14.3. The van der Waals surface area contributed by atoms with Gasteiger partial charge in [-0.15, -0.1) is 0 Å². The van der Waals surface area contributed by atoms with Crippen LogP contribution in [0.15, 0.2) is 60.7 Å². The maximum absolute atomic E-state index is 12.9. The first kappa shape index (κ1) is 29.7. The van der Waals surface area contributed by atoms with Crippen molar-refractivity contribution in [1.82, 2.24) is 10.6 Å². The summed E-state index contributed by atoms with van der Waals surface area (Å²) in [5, 5.41) is 16.7. The van der Waals surface area contributed by atoms with Crippen molar-refractivity contribution in [3.8, 4) is 28.7 Å². The van der Waals surface area contributed by atoms with Gasteiger partial charge in [0.25, 0.3) is 0 Å².